The summed E-state index contributed by atoms with van der Waals surface area (Å²) in [5.74, 6) is 0.0763. The molecule has 2 amide bonds. The summed E-state index contributed by atoms with van der Waals surface area (Å²) in [6, 6.07) is 16.3. The first kappa shape index (κ1) is 24.6. The average Bonchev–Trinajstić information content (AvgIpc) is 2.78. The predicted molar refractivity (Wildman–Crippen MR) is 128 cm³/mol. The van der Waals surface area contributed by atoms with Gasteiger partial charge in [-0.1, -0.05) is 42.5 Å². The number of rotatable bonds is 6. The maximum atomic E-state index is 13.6. The molecule has 7 nitrogen and oxygen atoms in total. The number of piperazine rings is 1. The summed E-state index contributed by atoms with van der Waals surface area (Å²) < 4.78 is 5.53. The van der Waals surface area contributed by atoms with Crippen molar-refractivity contribution in [3.8, 4) is 5.75 Å². The summed E-state index contributed by atoms with van der Waals surface area (Å²) in [6.45, 7) is 9.06. The first-order chi connectivity index (χ1) is 15.6. The second-order valence-electron chi connectivity index (χ2n) is 9.56. The van der Waals surface area contributed by atoms with Crippen LogP contribution in [0.4, 0.5) is 4.79 Å². The van der Waals surface area contributed by atoms with Crippen LogP contribution in [0, 0.1) is 0 Å². The van der Waals surface area contributed by atoms with Gasteiger partial charge in [-0.25, -0.2) is 4.79 Å². The molecule has 7 heteroatoms. The number of carbonyl (C=O) groups excluding carboxylic acids is 2. The van der Waals surface area contributed by atoms with Crippen molar-refractivity contribution in [1.82, 2.24) is 14.7 Å². The second kappa shape index (κ2) is 10.7. The molecular formula is C26H35N3O4. The lowest BCUT2D eigenvalue weighted by molar-refractivity contribution is -0.138. The van der Waals surface area contributed by atoms with Gasteiger partial charge in [0, 0.05) is 46.2 Å². The number of aromatic hydroxyl groups is 1. The van der Waals surface area contributed by atoms with Gasteiger partial charge in [-0.3, -0.25) is 14.6 Å². The Morgan fingerprint density at radius 3 is 2.15 bits per heavy atom. The molecule has 3 rings (SSSR count). The van der Waals surface area contributed by atoms with E-state index >= 15 is 0 Å². The number of benzene rings is 2. The van der Waals surface area contributed by atoms with Gasteiger partial charge in [0.25, 0.3) is 0 Å². The second-order valence-corrected chi connectivity index (χ2v) is 9.56. The van der Waals surface area contributed by atoms with E-state index in [1.54, 1.807) is 31.3 Å². The van der Waals surface area contributed by atoms with E-state index in [-0.39, 0.29) is 11.7 Å². The van der Waals surface area contributed by atoms with E-state index in [0.29, 0.717) is 19.5 Å². The number of carbonyl (C=O) groups is 2. The van der Waals surface area contributed by atoms with E-state index in [4.69, 9.17) is 4.74 Å². The van der Waals surface area contributed by atoms with E-state index in [1.807, 2.05) is 43.9 Å². The maximum absolute atomic E-state index is 13.6. The summed E-state index contributed by atoms with van der Waals surface area (Å²) in [5.41, 5.74) is 1.47. The Hall–Kier alpha value is -3.06. The molecule has 0 radical (unpaired) electrons. The minimum atomic E-state index is -0.690. The predicted octanol–water partition coefficient (Wildman–Crippen LogP) is 3.51. The van der Waals surface area contributed by atoms with Crippen LogP contribution in [0.25, 0.3) is 0 Å². The number of hydrogen-bond acceptors (Lipinski definition) is 5. The van der Waals surface area contributed by atoms with Gasteiger partial charge in [0.1, 0.15) is 17.4 Å². The van der Waals surface area contributed by atoms with E-state index in [9.17, 15) is 14.7 Å². The molecule has 2 aromatic carbocycles. The van der Waals surface area contributed by atoms with Crippen LogP contribution in [-0.4, -0.2) is 76.7 Å². The van der Waals surface area contributed by atoms with Crippen LogP contribution in [0.5, 0.6) is 5.75 Å². The normalized spacial score (nSPS) is 15.7. The van der Waals surface area contributed by atoms with Crippen molar-refractivity contribution in [2.45, 2.75) is 45.4 Å². The molecule has 1 saturated heterocycles. The molecule has 33 heavy (non-hydrogen) atoms. The molecule has 1 heterocycles. The zero-order valence-corrected chi connectivity index (χ0v) is 20.0. The minimum Gasteiger partial charge on any atom is -0.508 e. The van der Waals surface area contributed by atoms with Crippen LogP contribution in [0.2, 0.25) is 0 Å². The SMILES string of the molecule is CN(C(=O)OC(C)(C)C)C(Cc1ccc(O)cc1)C(=O)N1CCN(Cc2ccccc2)CC1. The van der Waals surface area contributed by atoms with Crippen LogP contribution in [-0.2, 0) is 22.5 Å². The third kappa shape index (κ3) is 7.22. The number of phenolic OH excluding ortho intramolecular Hbond substituents is 1. The Bertz CT molecular complexity index is 917. The molecule has 1 N–H and O–H groups in total. The van der Waals surface area contributed by atoms with Crippen LogP contribution in [0.1, 0.15) is 31.9 Å². The average molecular weight is 454 g/mol. The molecule has 1 atom stereocenters. The third-order valence-electron chi connectivity index (χ3n) is 5.73. The third-order valence-corrected chi connectivity index (χ3v) is 5.73. The molecule has 1 aliphatic heterocycles. The van der Waals surface area contributed by atoms with E-state index in [0.717, 1.165) is 25.2 Å². The number of amides is 2. The van der Waals surface area contributed by atoms with E-state index < -0.39 is 17.7 Å². The monoisotopic (exact) mass is 453 g/mol. The summed E-state index contributed by atoms with van der Waals surface area (Å²) >= 11 is 0. The molecule has 0 bridgehead atoms. The first-order valence-corrected chi connectivity index (χ1v) is 11.4. The van der Waals surface area contributed by atoms with Crippen molar-refractivity contribution in [3.05, 3.63) is 65.7 Å². The van der Waals surface area contributed by atoms with Gasteiger partial charge >= 0.3 is 6.09 Å². The van der Waals surface area contributed by atoms with Crippen molar-refractivity contribution < 1.29 is 19.4 Å². The highest BCUT2D eigenvalue weighted by atomic mass is 16.6. The van der Waals surface area contributed by atoms with Gasteiger partial charge in [0.05, 0.1) is 0 Å². The topological polar surface area (TPSA) is 73.3 Å². The van der Waals surface area contributed by atoms with Gasteiger partial charge in [-0.2, -0.15) is 0 Å². The summed E-state index contributed by atoms with van der Waals surface area (Å²) in [6.07, 6.45) is -0.179. The number of ether oxygens (including phenoxy) is 1. The van der Waals surface area contributed by atoms with Crippen molar-refractivity contribution >= 4 is 12.0 Å². The Morgan fingerprint density at radius 2 is 1.58 bits per heavy atom. The number of nitrogens with zero attached hydrogens (tertiary/aromatic N) is 3. The lowest BCUT2D eigenvalue weighted by Gasteiger charge is -2.38. The molecule has 1 unspecified atom stereocenters. The molecule has 1 aliphatic rings. The maximum Gasteiger partial charge on any atom is 0.410 e. The Kier molecular flexibility index (Phi) is 7.97. The molecule has 0 spiro atoms. The van der Waals surface area contributed by atoms with Crippen LogP contribution < -0.4 is 0 Å². The van der Waals surface area contributed by atoms with Gasteiger partial charge < -0.3 is 14.7 Å². The number of hydrogen-bond donors (Lipinski definition) is 1. The zero-order chi connectivity index (χ0) is 24.0. The van der Waals surface area contributed by atoms with Crippen LogP contribution >= 0.6 is 0 Å². The highest BCUT2D eigenvalue weighted by Gasteiger charge is 2.34. The zero-order valence-electron chi connectivity index (χ0n) is 20.0. The van der Waals surface area contributed by atoms with Crippen molar-refractivity contribution in [2.24, 2.45) is 0 Å². The largest absolute Gasteiger partial charge is 0.508 e. The Balaban J connectivity index is 1.69. The van der Waals surface area contributed by atoms with Crippen molar-refractivity contribution in [2.75, 3.05) is 33.2 Å². The first-order valence-electron chi connectivity index (χ1n) is 11.4. The minimum absolute atomic E-state index is 0.0872. The highest BCUT2D eigenvalue weighted by molar-refractivity contribution is 5.86. The summed E-state index contributed by atoms with van der Waals surface area (Å²) in [7, 11) is 1.61. The number of likely N-dealkylation sites (N-methyl/N-ethyl adjacent to an activating group) is 1. The molecule has 0 aromatic heterocycles. The lowest BCUT2D eigenvalue weighted by atomic mass is 10.0. The van der Waals surface area contributed by atoms with Gasteiger partial charge in [0.15, 0.2) is 0 Å². The summed E-state index contributed by atoms with van der Waals surface area (Å²) in [4.78, 5) is 31.9. The number of phenols is 1. The Morgan fingerprint density at radius 1 is 0.970 bits per heavy atom. The fourth-order valence-corrected chi connectivity index (χ4v) is 3.89. The molecule has 0 aliphatic carbocycles. The quantitative estimate of drug-likeness (QED) is 0.725. The van der Waals surface area contributed by atoms with Crippen LogP contribution in [0.3, 0.4) is 0 Å². The Labute approximate surface area is 196 Å². The van der Waals surface area contributed by atoms with Gasteiger partial charge in [-0.15, -0.1) is 0 Å². The van der Waals surface area contributed by atoms with Gasteiger partial charge in [0.2, 0.25) is 5.91 Å². The summed E-state index contributed by atoms with van der Waals surface area (Å²) in [5, 5.41) is 9.60. The molecule has 1 fully saturated rings. The van der Waals surface area contributed by atoms with E-state index in [2.05, 4.69) is 17.0 Å². The highest BCUT2D eigenvalue weighted by Crippen LogP contribution is 2.19. The van der Waals surface area contributed by atoms with Crippen molar-refractivity contribution in [1.29, 1.82) is 0 Å². The van der Waals surface area contributed by atoms with E-state index in [1.165, 1.54) is 10.5 Å². The van der Waals surface area contributed by atoms with Crippen molar-refractivity contribution in [3.63, 3.8) is 0 Å². The standard InChI is InChI=1S/C26H35N3O4/c1-26(2,3)33-25(32)27(4)23(18-20-10-12-22(30)13-11-20)24(31)29-16-14-28(15-17-29)19-21-8-6-5-7-9-21/h5-13,23,30H,14-19H2,1-4H3. The molecule has 0 saturated carbocycles. The molecule has 178 valence electrons. The van der Waals surface area contributed by atoms with Gasteiger partial charge in [-0.05, 0) is 44.0 Å². The lowest BCUT2D eigenvalue weighted by Crippen LogP contribution is -2.56. The smallest absolute Gasteiger partial charge is 0.410 e. The molecular weight excluding hydrogens is 418 g/mol. The van der Waals surface area contributed by atoms with Crippen LogP contribution in [0.15, 0.2) is 54.6 Å². The fourth-order valence-electron chi connectivity index (χ4n) is 3.89. The fraction of sp³-hybridized carbons (Fsp3) is 0.462. The molecule has 2 aromatic rings.